The number of piperazine rings is 1. The maximum Gasteiger partial charge on any atom is 0.307 e. The third kappa shape index (κ3) is 7.74. The number of nitrogens with one attached hydrogen (secondary N) is 2. The Hall–Kier alpha value is -1.67. The van der Waals surface area contributed by atoms with Crippen molar-refractivity contribution in [2.24, 2.45) is 5.92 Å². The van der Waals surface area contributed by atoms with Crippen molar-refractivity contribution in [1.82, 2.24) is 15.5 Å². The molecule has 0 aromatic rings. The van der Waals surface area contributed by atoms with Gasteiger partial charge in [-0.1, -0.05) is 13.8 Å². The monoisotopic (exact) mass is 343 g/mol. The van der Waals surface area contributed by atoms with E-state index >= 15 is 0 Å². The average molecular weight is 343 g/mol. The van der Waals surface area contributed by atoms with Gasteiger partial charge in [-0.2, -0.15) is 0 Å². The van der Waals surface area contributed by atoms with Crippen molar-refractivity contribution in [3.63, 3.8) is 0 Å². The van der Waals surface area contributed by atoms with E-state index in [1.165, 1.54) is 0 Å². The third-order valence-electron chi connectivity index (χ3n) is 3.57. The van der Waals surface area contributed by atoms with Crippen molar-refractivity contribution in [3.8, 4) is 0 Å². The molecule has 1 aliphatic rings. The van der Waals surface area contributed by atoms with Gasteiger partial charge in [0.1, 0.15) is 6.04 Å². The number of methoxy groups -OCH3 is 1. The average Bonchev–Trinajstić information content (AvgIpc) is 2.53. The molecule has 0 saturated carbocycles. The molecule has 1 unspecified atom stereocenters. The molecule has 1 rings (SSSR count). The van der Waals surface area contributed by atoms with Crippen LogP contribution in [0.4, 0.5) is 0 Å². The van der Waals surface area contributed by atoms with Crippen LogP contribution in [0.1, 0.15) is 26.7 Å². The molecular weight excluding hydrogens is 314 g/mol. The first kappa shape index (κ1) is 20.4. The molecule has 1 saturated heterocycles. The Balaban J connectivity index is 2.48. The minimum atomic E-state index is -0.664. The lowest BCUT2D eigenvalue weighted by atomic mass is 10.1. The summed E-state index contributed by atoms with van der Waals surface area (Å²) in [6, 6.07) is -0.664. The van der Waals surface area contributed by atoms with Crippen LogP contribution in [0.5, 0.6) is 0 Å². The fourth-order valence-electron chi connectivity index (χ4n) is 2.33. The second kappa shape index (κ2) is 11.0. The molecule has 0 bridgehead atoms. The SMILES string of the molecule is COCCCNC(=O)CN1CCNC(=O)C1CC(=O)OCC(C)C. The van der Waals surface area contributed by atoms with Gasteiger partial charge in [0, 0.05) is 33.4 Å². The Labute approximate surface area is 143 Å². The summed E-state index contributed by atoms with van der Waals surface area (Å²) in [5.41, 5.74) is 0. The molecule has 2 amide bonds. The molecule has 2 N–H and O–H groups in total. The van der Waals surface area contributed by atoms with Gasteiger partial charge in [-0.3, -0.25) is 19.3 Å². The van der Waals surface area contributed by atoms with E-state index in [1.54, 1.807) is 12.0 Å². The predicted molar refractivity (Wildman–Crippen MR) is 88.3 cm³/mol. The van der Waals surface area contributed by atoms with E-state index in [9.17, 15) is 14.4 Å². The fraction of sp³-hybridized carbons (Fsp3) is 0.812. The van der Waals surface area contributed by atoms with E-state index in [2.05, 4.69) is 10.6 Å². The zero-order valence-corrected chi connectivity index (χ0v) is 14.8. The molecule has 1 fully saturated rings. The Morgan fingerprint density at radius 2 is 2.17 bits per heavy atom. The summed E-state index contributed by atoms with van der Waals surface area (Å²) in [7, 11) is 1.61. The van der Waals surface area contributed by atoms with E-state index in [0.717, 1.165) is 6.42 Å². The highest BCUT2D eigenvalue weighted by atomic mass is 16.5. The van der Waals surface area contributed by atoms with Crippen LogP contribution in [-0.4, -0.2) is 75.2 Å². The first-order chi connectivity index (χ1) is 11.4. The van der Waals surface area contributed by atoms with Crippen LogP contribution < -0.4 is 10.6 Å². The zero-order chi connectivity index (χ0) is 17.9. The molecule has 1 heterocycles. The zero-order valence-electron chi connectivity index (χ0n) is 14.8. The topological polar surface area (TPSA) is 97.0 Å². The maximum absolute atomic E-state index is 12.1. The molecule has 8 nitrogen and oxygen atoms in total. The van der Waals surface area contributed by atoms with Crippen LogP contribution in [0.3, 0.4) is 0 Å². The molecule has 0 aromatic carbocycles. The highest BCUT2D eigenvalue weighted by Gasteiger charge is 2.33. The minimum absolute atomic E-state index is 0.0461. The first-order valence-electron chi connectivity index (χ1n) is 8.37. The molecular formula is C16H29N3O5. The summed E-state index contributed by atoms with van der Waals surface area (Å²) in [5.74, 6) is -0.587. The van der Waals surface area contributed by atoms with Crippen molar-refractivity contribution in [2.75, 3.05) is 46.5 Å². The summed E-state index contributed by atoms with van der Waals surface area (Å²) < 4.78 is 10.1. The number of esters is 1. The number of ether oxygens (including phenoxy) is 2. The number of hydrogen-bond acceptors (Lipinski definition) is 6. The van der Waals surface area contributed by atoms with Crippen LogP contribution in [0.2, 0.25) is 0 Å². The quantitative estimate of drug-likeness (QED) is 0.411. The molecule has 1 atom stereocenters. The van der Waals surface area contributed by atoms with Gasteiger partial charge in [-0.25, -0.2) is 0 Å². The van der Waals surface area contributed by atoms with Gasteiger partial charge in [-0.15, -0.1) is 0 Å². The van der Waals surface area contributed by atoms with Crippen LogP contribution in [0.15, 0.2) is 0 Å². The van der Waals surface area contributed by atoms with E-state index in [1.807, 2.05) is 13.8 Å². The molecule has 0 aliphatic carbocycles. The molecule has 138 valence electrons. The van der Waals surface area contributed by atoms with Gasteiger partial charge in [0.05, 0.1) is 19.6 Å². The predicted octanol–water partition coefficient (Wildman–Crippen LogP) is -0.471. The first-order valence-corrected chi connectivity index (χ1v) is 8.37. The number of carbonyl (C=O) groups excluding carboxylic acids is 3. The smallest absolute Gasteiger partial charge is 0.307 e. The van der Waals surface area contributed by atoms with Gasteiger partial charge in [-0.05, 0) is 12.3 Å². The lowest BCUT2D eigenvalue weighted by Crippen LogP contribution is -2.58. The molecule has 24 heavy (non-hydrogen) atoms. The number of amides is 2. The molecule has 0 radical (unpaired) electrons. The Morgan fingerprint density at radius 1 is 1.42 bits per heavy atom. The molecule has 1 aliphatic heterocycles. The number of nitrogens with zero attached hydrogens (tertiary/aromatic N) is 1. The largest absolute Gasteiger partial charge is 0.465 e. The summed E-state index contributed by atoms with van der Waals surface area (Å²) in [4.78, 5) is 37.7. The fourth-order valence-corrected chi connectivity index (χ4v) is 2.33. The van der Waals surface area contributed by atoms with E-state index in [-0.39, 0.29) is 30.7 Å². The van der Waals surface area contributed by atoms with Crippen LogP contribution >= 0.6 is 0 Å². The number of carbonyl (C=O) groups is 3. The second-order valence-corrected chi connectivity index (χ2v) is 6.25. The van der Waals surface area contributed by atoms with Gasteiger partial charge in [0.2, 0.25) is 11.8 Å². The van der Waals surface area contributed by atoms with Gasteiger partial charge in [0.15, 0.2) is 0 Å². The third-order valence-corrected chi connectivity index (χ3v) is 3.57. The Kier molecular flexibility index (Phi) is 9.33. The van der Waals surface area contributed by atoms with Crippen LogP contribution in [-0.2, 0) is 23.9 Å². The van der Waals surface area contributed by atoms with Crippen LogP contribution in [0.25, 0.3) is 0 Å². The summed E-state index contributed by atoms with van der Waals surface area (Å²) in [6.07, 6.45) is 0.684. The molecule has 8 heteroatoms. The van der Waals surface area contributed by atoms with Crippen molar-refractivity contribution in [3.05, 3.63) is 0 Å². The van der Waals surface area contributed by atoms with E-state index < -0.39 is 12.0 Å². The van der Waals surface area contributed by atoms with Gasteiger partial charge < -0.3 is 20.1 Å². The van der Waals surface area contributed by atoms with Crippen molar-refractivity contribution in [1.29, 1.82) is 0 Å². The number of hydrogen-bond donors (Lipinski definition) is 2. The highest BCUT2D eigenvalue weighted by Crippen LogP contribution is 2.10. The second-order valence-electron chi connectivity index (χ2n) is 6.25. The van der Waals surface area contributed by atoms with Crippen molar-refractivity contribution in [2.45, 2.75) is 32.7 Å². The molecule has 0 aromatic heterocycles. The lowest BCUT2D eigenvalue weighted by molar-refractivity contribution is -0.150. The Morgan fingerprint density at radius 3 is 2.83 bits per heavy atom. The van der Waals surface area contributed by atoms with Crippen molar-refractivity contribution < 1.29 is 23.9 Å². The number of rotatable bonds is 10. The highest BCUT2D eigenvalue weighted by molar-refractivity contribution is 5.88. The standard InChI is InChI=1S/C16H29N3O5/c1-12(2)11-24-15(21)9-13-16(22)18-6-7-19(13)10-14(20)17-5-4-8-23-3/h12-13H,4-11H2,1-3H3,(H,17,20)(H,18,22). The summed E-state index contributed by atoms with van der Waals surface area (Å²) in [6.45, 7) is 6.40. The van der Waals surface area contributed by atoms with Crippen molar-refractivity contribution >= 4 is 17.8 Å². The van der Waals surface area contributed by atoms with Crippen LogP contribution in [0, 0.1) is 5.92 Å². The minimum Gasteiger partial charge on any atom is -0.465 e. The van der Waals surface area contributed by atoms with Gasteiger partial charge >= 0.3 is 5.97 Å². The normalized spacial score (nSPS) is 18.3. The summed E-state index contributed by atoms with van der Waals surface area (Å²) in [5, 5.41) is 5.51. The van der Waals surface area contributed by atoms with Gasteiger partial charge in [0.25, 0.3) is 0 Å². The van der Waals surface area contributed by atoms with E-state index in [4.69, 9.17) is 9.47 Å². The maximum atomic E-state index is 12.1. The molecule has 0 spiro atoms. The summed E-state index contributed by atoms with van der Waals surface area (Å²) >= 11 is 0. The van der Waals surface area contributed by atoms with E-state index in [0.29, 0.717) is 32.8 Å². The Bertz CT molecular complexity index is 428. The lowest BCUT2D eigenvalue weighted by Gasteiger charge is -2.33.